The topological polar surface area (TPSA) is 72.5 Å². The highest BCUT2D eigenvalue weighted by Gasteiger charge is 1.83. The molecular formula is C6H10N2O2. The molecule has 0 saturated carbocycles. The van der Waals surface area contributed by atoms with Crippen LogP contribution in [0, 0.1) is 4.91 Å². The Morgan fingerprint density at radius 1 is 1.60 bits per heavy atom. The number of amides is 1. The molecule has 0 aromatic heterocycles. The maximum Gasteiger partial charge on any atom is 0.241 e. The van der Waals surface area contributed by atoms with Gasteiger partial charge in [-0.2, -0.15) is 4.91 Å². The Bertz CT molecular complexity index is 143. The second-order valence-electron chi connectivity index (χ2n) is 1.80. The number of hydrogen-bond acceptors (Lipinski definition) is 3. The number of carbonyl (C=O) groups is 1. The fourth-order valence-corrected chi connectivity index (χ4v) is 0.473. The molecule has 56 valence electrons. The van der Waals surface area contributed by atoms with Gasteiger partial charge in [0.2, 0.25) is 5.91 Å². The molecule has 0 heterocycles. The maximum atomic E-state index is 10.1. The molecule has 0 aliphatic rings. The number of unbranched alkanes of at least 4 members (excludes halogenated alkanes) is 1. The second kappa shape index (κ2) is 5.94. The van der Waals surface area contributed by atoms with Crippen molar-refractivity contribution in [3.8, 4) is 0 Å². The quantitative estimate of drug-likeness (QED) is 0.346. The van der Waals surface area contributed by atoms with Crippen molar-refractivity contribution in [3.63, 3.8) is 0 Å². The van der Waals surface area contributed by atoms with E-state index < -0.39 is 5.91 Å². The third-order valence-electron chi connectivity index (χ3n) is 0.902. The van der Waals surface area contributed by atoms with Crippen LogP contribution in [-0.4, -0.2) is 12.5 Å². The number of allylic oxidation sites excluding steroid dienone is 1. The van der Waals surface area contributed by atoms with Crippen LogP contribution in [0.3, 0.4) is 0 Å². The SMILES string of the molecule is NC(=O)/C=C/CCCN=O. The van der Waals surface area contributed by atoms with Crippen molar-refractivity contribution in [2.75, 3.05) is 6.54 Å². The molecule has 0 atom stereocenters. The standard InChI is InChI=1S/C6H10N2O2/c7-6(9)4-2-1-3-5-8-10/h2,4H,1,3,5H2,(H2,7,9)/b4-2+. The Hall–Kier alpha value is -1.19. The molecule has 0 unspecified atom stereocenters. The Kier molecular flexibility index (Phi) is 5.23. The highest BCUT2D eigenvalue weighted by molar-refractivity contribution is 5.85. The third-order valence-corrected chi connectivity index (χ3v) is 0.902. The molecular weight excluding hydrogens is 132 g/mol. The summed E-state index contributed by atoms with van der Waals surface area (Å²) in [5.74, 6) is -0.459. The molecule has 0 rings (SSSR count). The van der Waals surface area contributed by atoms with Crippen molar-refractivity contribution >= 4 is 5.91 Å². The molecule has 10 heavy (non-hydrogen) atoms. The smallest absolute Gasteiger partial charge is 0.241 e. The summed E-state index contributed by atoms with van der Waals surface area (Å²) in [5, 5.41) is 2.65. The monoisotopic (exact) mass is 142 g/mol. The molecule has 0 radical (unpaired) electrons. The highest BCUT2D eigenvalue weighted by Crippen LogP contribution is 1.90. The van der Waals surface area contributed by atoms with Crippen LogP contribution in [0.5, 0.6) is 0 Å². The van der Waals surface area contributed by atoms with Gasteiger partial charge in [-0.3, -0.25) is 4.79 Å². The van der Waals surface area contributed by atoms with Gasteiger partial charge >= 0.3 is 0 Å². The number of nitrogens with zero attached hydrogens (tertiary/aromatic N) is 1. The normalized spacial score (nSPS) is 10.0. The van der Waals surface area contributed by atoms with Gasteiger partial charge in [0.25, 0.3) is 0 Å². The number of hydrogen-bond donors (Lipinski definition) is 1. The summed E-state index contributed by atoms with van der Waals surface area (Å²) in [6.45, 7) is 0.295. The van der Waals surface area contributed by atoms with E-state index in [4.69, 9.17) is 5.73 Å². The van der Waals surface area contributed by atoms with Gasteiger partial charge in [0.1, 0.15) is 0 Å². The summed E-state index contributed by atoms with van der Waals surface area (Å²) in [7, 11) is 0. The van der Waals surface area contributed by atoms with E-state index in [9.17, 15) is 9.70 Å². The molecule has 4 nitrogen and oxygen atoms in total. The fraction of sp³-hybridized carbons (Fsp3) is 0.500. The first-order chi connectivity index (χ1) is 4.77. The van der Waals surface area contributed by atoms with Crippen LogP contribution in [-0.2, 0) is 4.79 Å². The van der Waals surface area contributed by atoms with E-state index in [0.29, 0.717) is 19.4 Å². The summed E-state index contributed by atoms with van der Waals surface area (Å²) >= 11 is 0. The Labute approximate surface area is 59.1 Å². The average Bonchev–Trinajstić information content (AvgIpc) is 1.87. The number of nitroso groups, excluding NO2 is 1. The lowest BCUT2D eigenvalue weighted by atomic mass is 10.3. The molecule has 0 saturated heterocycles. The molecule has 0 aromatic rings. The molecule has 0 bridgehead atoms. The van der Waals surface area contributed by atoms with Crippen molar-refractivity contribution in [3.05, 3.63) is 17.1 Å². The van der Waals surface area contributed by atoms with Crippen LogP contribution in [0.25, 0.3) is 0 Å². The minimum absolute atomic E-state index is 0.295. The van der Waals surface area contributed by atoms with Gasteiger partial charge in [0.15, 0.2) is 0 Å². The zero-order valence-electron chi connectivity index (χ0n) is 5.62. The first kappa shape index (κ1) is 8.81. The van der Waals surface area contributed by atoms with Crippen molar-refractivity contribution in [2.24, 2.45) is 10.9 Å². The Morgan fingerprint density at radius 2 is 2.30 bits per heavy atom. The molecule has 1 amide bonds. The van der Waals surface area contributed by atoms with E-state index in [1.807, 2.05) is 0 Å². The fourth-order valence-electron chi connectivity index (χ4n) is 0.473. The van der Waals surface area contributed by atoms with Crippen molar-refractivity contribution in [1.82, 2.24) is 0 Å². The van der Waals surface area contributed by atoms with Crippen LogP contribution < -0.4 is 5.73 Å². The van der Waals surface area contributed by atoms with Gasteiger partial charge in [0.05, 0.1) is 6.54 Å². The zero-order valence-corrected chi connectivity index (χ0v) is 5.62. The zero-order chi connectivity index (χ0) is 7.82. The van der Waals surface area contributed by atoms with Crippen LogP contribution in [0.4, 0.5) is 0 Å². The molecule has 0 aliphatic heterocycles. The summed E-state index contributed by atoms with van der Waals surface area (Å²) in [4.78, 5) is 19.6. The molecule has 0 aromatic carbocycles. The number of carbonyl (C=O) groups excluding carboxylic acids is 1. The Morgan fingerprint density at radius 3 is 2.80 bits per heavy atom. The van der Waals surface area contributed by atoms with E-state index in [2.05, 4.69) is 5.18 Å². The van der Waals surface area contributed by atoms with Crippen LogP contribution in [0.15, 0.2) is 17.3 Å². The van der Waals surface area contributed by atoms with Crippen molar-refractivity contribution in [2.45, 2.75) is 12.8 Å². The van der Waals surface area contributed by atoms with Crippen molar-refractivity contribution in [1.29, 1.82) is 0 Å². The average molecular weight is 142 g/mol. The number of primary amides is 1. The predicted molar refractivity (Wildman–Crippen MR) is 38.2 cm³/mol. The van der Waals surface area contributed by atoms with E-state index in [1.54, 1.807) is 6.08 Å². The first-order valence-corrected chi connectivity index (χ1v) is 3.02. The van der Waals surface area contributed by atoms with Gasteiger partial charge in [-0.1, -0.05) is 11.3 Å². The third kappa shape index (κ3) is 6.81. The van der Waals surface area contributed by atoms with E-state index in [0.717, 1.165) is 0 Å². The summed E-state index contributed by atoms with van der Waals surface area (Å²) in [6.07, 6.45) is 4.26. The molecule has 0 fully saturated rings. The minimum atomic E-state index is -0.459. The summed E-state index contributed by atoms with van der Waals surface area (Å²) in [5.41, 5.74) is 4.80. The molecule has 2 N–H and O–H groups in total. The second-order valence-corrected chi connectivity index (χ2v) is 1.80. The van der Waals surface area contributed by atoms with Gasteiger partial charge in [-0.25, -0.2) is 0 Å². The summed E-state index contributed by atoms with van der Waals surface area (Å²) in [6, 6.07) is 0. The van der Waals surface area contributed by atoms with Crippen LogP contribution in [0.2, 0.25) is 0 Å². The van der Waals surface area contributed by atoms with E-state index >= 15 is 0 Å². The largest absolute Gasteiger partial charge is 0.366 e. The minimum Gasteiger partial charge on any atom is -0.366 e. The van der Waals surface area contributed by atoms with E-state index in [1.165, 1.54) is 6.08 Å². The van der Waals surface area contributed by atoms with Crippen LogP contribution in [0.1, 0.15) is 12.8 Å². The summed E-state index contributed by atoms with van der Waals surface area (Å²) < 4.78 is 0. The lowest BCUT2D eigenvalue weighted by Crippen LogP contribution is -2.05. The molecule has 0 spiro atoms. The van der Waals surface area contributed by atoms with Crippen LogP contribution >= 0.6 is 0 Å². The molecule has 0 aliphatic carbocycles. The van der Waals surface area contributed by atoms with Crippen molar-refractivity contribution < 1.29 is 4.79 Å². The predicted octanol–water partition coefficient (Wildman–Crippen LogP) is 0.575. The Balaban J connectivity index is 3.18. The highest BCUT2D eigenvalue weighted by atomic mass is 16.3. The lowest BCUT2D eigenvalue weighted by Gasteiger charge is -1.84. The van der Waals surface area contributed by atoms with Gasteiger partial charge in [-0.15, -0.1) is 0 Å². The number of rotatable bonds is 5. The first-order valence-electron chi connectivity index (χ1n) is 3.02. The van der Waals surface area contributed by atoms with Gasteiger partial charge in [-0.05, 0) is 18.9 Å². The number of nitrogens with two attached hydrogens (primary N) is 1. The van der Waals surface area contributed by atoms with Gasteiger partial charge in [0, 0.05) is 0 Å². The van der Waals surface area contributed by atoms with Gasteiger partial charge < -0.3 is 5.73 Å². The molecule has 4 heteroatoms. The lowest BCUT2D eigenvalue weighted by molar-refractivity contribution is -0.113. The van der Waals surface area contributed by atoms with E-state index in [-0.39, 0.29) is 0 Å². The maximum absolute atomic E-state index is 10.1.